The van der Waals surface area contributed by atoms with Gasteiger partial charge in [0, 0.05) is 18.5 Å². The van der Waals surface area contributed by atoms with Crippen LogP contribution in [0.4, 0.5) is 0 Å². The average molecular weight is 267 g/mol. The molecule has 0 radical (unpaired) electrons. The van der Waals surface area contributed by atoms with Gasteiger partial charge in [-0.25, -0.2) is 0 Å². The zero-order chi connectivity index (χ0) is 13.0. The van der Waals surface area contributed by atoms with Gasteiger partial charge in [0.05, 0.1) is 17.5 Å². The fraction of sp³-hybridized carbons (Fsp3) is 0.643. The van der Waals surface area contributed by atoms with E-state index in [0.717, 1.165) is 37.2 Å². The SMILES string of the molecule is CCc1ccc(C(=O)CN2CCCC(OC)C2)s1. The molecule has 100 valence electrons. The number of carbonyl (C=O) groups is 1. The highest BCUT2D eigenvalue weighted by molar-refractivity contribution is 7.14. The minimum Gasteiger partial charge on any atom is -0.380 e. The minimum absolute atomic E-state index is 0.247. The molecule has 1 unspecified atom stereocenters. The third-order valence-electron chi connectivity index (χ3n) is 3.45. The van der Waals surface area contributed by atoms with E-state index in [1.807, 2.05) is 6.07 Å². The van der Waals surface area contributed by atoms with Crippen LogP contribution in [0.15, 0.2) is 12.1 Å². The number of rotatable bonds is 5. The van der Waals surface area contributed by atoms with Crippen molar-refractivity contribution in [3.8, 4) is 0 Å². The van der Waals surface area contributed by atoms with Crippen molar-refractivity contribution < 1.29 is 9.53 Å². The Morgan fingerprint density at radius 2 is 2.39 bits per heavy atom. The molecule has 0 amide bonds. The van der Waals surface area contributed by atoms with Crippen LogP contribution in [0.25, 0.3) is 0 Å². The lowest BCUT2D eigenvalue weighted by atomic mass is 10.1. The van der Waals surface area contributed by atoms with Crippen LogP contribution >= 0.6 is 11.3 Å². The van der Waals surface area contributed by atoms with Crippen molar-refractivity contribution in [3.05, 3.63) is 21.9 Å². The van der Waals surface area contributed by atoms with Gasteiger partial charge in [0.2, 0.25) is 0 Å². The van der Waals surface area contributed by atoms with Crippen LogP contribution in [0, 0.1) is 0 Å². The number of carbonyl (C=O) groups excluding carboxylic acids is 1. The van der Waals surface area contributed by atoms with Crippen molar-refractivity contribution in [2.45, 2.75) is 32.3 Å². The molecule has 2 rings (SSSR count). The number of hydrogen-bond donors (Lipinski definition) is 0. The molecule has 4 heteroatoms. The van der Waals surface area contributed by atoms with Crippen molar-refractivity contribution in [2.75, 3.05) is 26.7 Å². The van der Waals surface area contributed by atoms with Gasteiger partial charge in [-0.15, -0.1) is 11.3 Å². The molecule has 0 N–H and O–H groups in total. The number of thiophene rings is 1. The van der Waals surface area contributed by atoms with Crippen molar-refractivity contribution in [1.29, 1.82) is 0 Å². The Bertz CT molecular complexity index is 402. The zero-order valence-electron chi connectivity index (χ0n) is 11.1. The lowest BCUT2D eigenvalue weighted by Gasteiger charge is -2.31. The fourth-order valence-electron chi connectivity index (χ4n) is 2.35. The fourth-order valence-corrected chi connectivity index (χ4v) is 3.23. The number of ketones is 1. The number of Topliss-reactive ketones (excluding diaryl/α,β-unsaturated/α-hetero) is 1. The number of piperidine rings is 1. The summed E-state index contributed by atoms with van der Waals surface area (Å²) in [5.74, 6) is 0.247. The molecule has 18 heavy (non-hydrogen) atoms. The molecule has 0 saturated carbocycles. The molecule has 1 saturated heterocycles. The van der Waals surface area contributed by atoms with Crippen LogP contribution in [0.1, 0.15) is 34.3 Å². The van der Waals surface area contributed by atoms with Gasteiger partial charge in [-0.3, -0.25) is 9.69 Å². The lowest BCUT2D eigenvalue weighted by molar-refractivity contribution is 0.0315. The molecular formula is C14H21NO2S. The quantitative estimate of drug-likeness (QED) is 0.768. The van der Waals surface area contributed by atoms with Crippen LogP contribution in [-0.4, -0.2) is 43.5 Å². The molecule has 1 aromatic rings. The number of likely N-dealkylation sites (tertiary alicyclic amines) is 1. The molecule has 0 aromatic carbocycles. The van der Waals surface area contributed by atoms with Gasteiger partial charge in [0.1, 0.15) is 0 Å². The summed E-state index contributed by atoms with van der Waals surface area (Å²) in [6.07, 6.45) is 3.53. The molecular weight excluding hydrogens is 246 g/mol. The summed E-state index contributed by atoms with van der Waals surface area (Å²) in [5, 5.41) is 0. The van der Waals surface area contributed by atoms with E-state index in [1.54, 1.807) is 18.4 Å². The molecule has 0 spiro atoms. The van der Waals surface area contributed by atoms with Crippen LogP contribution < -0.4 is 0 Å². The Morgan fingerprint density at radius 3 is 3.06 bits per heavy atom. The van der Waals surface area contributed by atoms with E-state index in [9.17, 15) is 4.79 Å². The van der Waals surface area contributed by atoms with Crippen LogP contribution in [0.2, 0.25) is 0 Å². The van der Waals surface area contributed by atoms with E-state index >= 15 is 0 Å². The number of ether oxygens (including phenoxy) is 1. The highest BCUT2D eigenvalue weighted by Gasteiger charge is 2.22. The van der Waals surface area contributed by atoms with Crippen molar-refractivity contribution in [1.82, 2.24) is 4.90 Å². The van der Waals surface area contributed by atoms with E-state index < -0.39 is 0 Å². The summed E-state index contributed by atoms with van der Waals surface area (Å²) >= 11 is 1.63. The van der Waals surface area contributed by atoms with Gasteiger partial charge in [-0.1, -0.05) is 6.92 Å². The van der Waals surface area contributed by atoms with E-state index in [0.29, 0.717) is 12.6 Å². The molecule has 1 aromatic heterocycles. The Hall–Kier alpha value is -0.710. The Labute approximate surface area is 113 Å². The third-order valence-corrected chi connectivity index (χ3v) is 4.72. The van der Waals surface area contributed by atoms with Gasteiger partial charge in [0.25, 0.3) is 0 Å². The molecule has 1 atom stereocenters. The monoisotopic (exact) mass is 267 g/mol. The second-order valence-electron chi connectivity index (χ2n) is 4.78. The molecule has 1 aliphatic heterocycles. The Balaban J connectivity index is 1.90. The van der Waals surface area contributed by atoms with Crippen LogP contribution in [-0.2, 0) is 11.2 Å². The first-order valence-electron chi connectivity index (χ1n) is 6.60. The second-order valence-corrected chi connectivity index (χ2v) is 5.95. The number of hydrogen-bond acceptors (Lipinski definition) is 4. The van der Waals surface area contributed by atoms with Crippen molar-refractivity contribution >= 4 is 17.1 Å². The van der Waals surface area contributed by atoms with Crippen LogP contribution in [0.3, 0.4) is 0 Å². The van der Waals surface area contributed by atoms with Crippen molar-refractivity contribution in [3.63, 3.8) is 0 Å². The lowest BCUT2D eigenvalue weighted by Crippen LogP contribution is -2.41. The van der Waals surface area contributed by atoms with E-state index in [1.165, 1.54) is 4.88 Å². The maximum atomic E-state index is 12.2. The molecule has 1 aliphatic rings. The highest BCUT2D eigenvalue weighted by atomic mass is 32.1. The molecule has 1 fully saturated rings. The number of aryl methyl sites for hydroxylation is 1. The minimum atomic E-state index is 0.247. The maximum Gasteiger partial charge on any atom is 0.186 e. The molecule has 0 bridgehead atoms. The summed E-state index contributed by atoms with van der Waals surface area (Å²) in [4.78, 5) is 16.6. The van der Waals surface area contributed by atoms with Crippen LogP contribution in [0.5, 0.6) is 0 Å². The van der Waals surface area contributed by atoms with E-state index in [4.69, 9.17) is 4.74 Å². The smallest absolute Gasteiger partial charge is 0.186 e. The van der Waals surface area contributed by atoms with Gasteiger partial charge >= 0.3 is 0 Å². The maximum absolute atomic E-state index is 12.2. The molecule has 0 aliphatic carbocycles. The summed E-state index contributed by atoms with van der Waals surface area (Å²) in [5.41, 5.74) is 0. The third kappa shape index (κ3) is 3.40. The largest absolute Gasteiger partial charge is 0.380 e. The van der Waals surface area contributed by atoms with Crippen molar-refractivity contribution in [2.24, 2.45) is 0 Å². The molecule has 2 heterocycles. The second kappa shape index (κ2) is 6.45. The summed E-state index contributed by atoms with van der Waals surface area (Å²) in [6.45, 7) is 4.54. The summed E-state index contributed by atoms with van der Waals surface area (Å²) < 4.78 is 5.38. The Kier molecular flexibility index (Phi) is 4.92. The first-order valence-corrected chi connectivity index (χ1v) is 7.41. The number of methoxy groups -OCH3 is 1. The topological polar surface area (TPSA) is 29.5 Å². The van der Waals surface area contributed by atoms with Gasteiger partial charge < -0.3 is 4.74 Å². The first kappa shape index (κ1) is 13.7. The van der Waals surface area contributed by atoms with E-state index in [2.05, 4.69) is 17.9 Å². The average Bonchev–Trinajstić information content (AvgIpc) is 2.88. The van der Waals surface area contributed by atoms with Gasteiger partial charge in [0.15, 0.2) is 5.78 Å². The predicted octanol–water partition coefficient (Wildman–Crippen LogP) is 2.60. The van der Waals surface area contributed by atoms with E-state index in [-0.39, 0.29) is 5.78 Å². The highest BCUT2D eigenvalue weighted by Crippen LogP contribution is 2.19. The molecule has 3 nitrogen and oxygen atoms in total. The zero-order valence-corrected chi connectivity index (χ0v) is 12.0. The first-order chi connectivity index (χ1) is 8.72. The predicted molar refractivity (Wildman–Crippen MR) is 74.5 cm³/mol. The normalized spacial score (nSPS) is 21.1. The van der Waals surface area contributed by atoms with Gasteiger partial charge in [-0.05, 0) is 37.9 Å². The van der Waals surface area contributed by atoms with Gasteiger partial charge in [-0.2, -0.15) is 0 Å². The summed E-state index contributed by atoms with van der Waals surface area (Å²) in [7, 11) is 1.75. The standard InChI is InChI=1S/C14H21NO2S/c1-3-12-6-7-14(18-12)13(16)10-15-8-4-5-11(9-15)17-2/h6-7,11H,3-5,8-10H2,1-2H3. The Morgan fingerprint density at radius 1 is 1.56 bits per heavy atom. The summed E-state index contributed by atoms with van der Waals surface area (Å²) in [6, 6.07) is 4.02. The number of nitrogens with zero attached hydrogens (tertiary/aromatic N) is 1.